The molecule has 0 unspecified atom stereocenters. The Morgan fingerprint density at radius 3 is 2.64 bits per heavy atom. The second kappa shape index (κ2) is 9.98. The fourth-order valence-electron chi connectivity index (χ4n) is 4.84. The van der Waals surface area contributed by atoms with Crippen LogP contribution in [0.15, 0.2) is 66.7 Å². The van der Waals surface area contributed by atoms with E-state index >= 15 is 0 Å². The summed E-state index contributed by atoms with van der Waals surface area (Å²) in [5, 5.41) is 10.9. The van der Waals surface area contributed by atoms with Crippen LogP contribution >= 0.6 is 0 Å². The molecule has 2 aromatic rings. The van der Waals surface area contributed by atoms with Gasteiger partial charge in [-0.1, -0.05) is 43.3 Å². The zero-order valence-corrected chi connectivity index (χ0v) is 18.5. The Kier molecular flexibility index (Phi) is 6.87. The Bertz CT molecular complexity index is 1030. The quantitative estimate of drug-likeness (QED) is 0.246. The SMILES string of the molecule is C[C@@H]1C[C@@H]2OC(=O)C[C@@H]2[C@H]1/C=C/[C@H](CCc1ccccc1)OC(=O)c1ccc([N+](=O)[O-])cc1. The molecule has 0 amide bonds. The molecule has 7 heteroatoms. The fourth-order valence-corrected chi connectivity index (χ4v) is 4.84. The number of hydrogen-bond donors (Lipinski definition) is 0. The van der Waals surface area contributed by atoms with Crippen molar-refractivity contribution in [2.75, 3.05) is 0 Å². The summed E-state index contributed by atoms with van der Waals surface area (Å²) in [7, 11) is 0. The summed E-state index contributed by atoms with van der Waals surface area (Å²) in [5.41, 5.74) is 1.33. The van der Waals surface area contributed by atoms with Crippen LogP contribution in [0.25, 0.3) is 0 Å². The summed E-state index contributed by atoms with van der Waals surface area (Å²) < 4.78 is 11.2. The van der Waals surface area contributed by atoms with Crippen LogP contribution in [0, 0.1) is 27.9 Å². The van der Waals surface area contributed by atoms with Gasteiger partial charge in [-0.2, -0.15) is 0 Å². The van der Waals surface area contributed by atoms with Gasteiger partial charge in [0.05, 0.1) is 16.9 Å². The monoisotopic (exact) mass is 449 g/mol. The van der Waals surface area contributed by atoms with Gasteiger partial charge in [0.1, 0.15) is 12.2 Å². The smallest absolute Gasteiger partial charge is 0.338 e. The van der Waals surface area contributed by atoms with E-state index in [-0.39, 0.29) is 35.2 Å². The van der Waals surface area contributed by atoms with E-state index in [0.717, 1.165) is 18.4 Å². The zero-order chi connectivity index (χ0) is 23.4. The van der Waals surface area contributed by atoms with Gasteiger partial charge in [0.15, 0.2) is 0 Å². The van der Waals surface area contributed by atoms with Crippen LogP contribution in [0.1, 0.15) is 42.1 Å². The van der Waals surface area contributed by atoms with Gasteiger partial charge < -0.3 is 9.47 Å². The predicted molar refractivity (Wildman–Crippen MR) is 121 cm³/mol. The first-order valence-electron chi connectivity index (χ1n) is 11.3. The predicted octanol–water partition coefficient (Wildman–Crippen LogP) is 4.90. The Hall–Kier alpha value is -3.48. The molecule has 0 spiro atoms. The molecule has 2 aliphatic rings. The molecule has 0 aromatic heterocycles. The van der Waals surface area contributed by atoms with Crippen molar-refractivity contribution in [1.82, 2.24) is 0 Å². The van der Waals surface area contributed by atoms with E-state index in [1.54, 1.807) is 0 Å². The normalized spacial score (nSPS) is 24.9. The Morgan fingerprint density at radius 2 is 1.94 bits per heavy atom. The van der Waals surface area contributed by atoms with Crippen LogP contribution in [0.2, 0.25) is 0 Å². The molecule has 1 saturated carbocycles. The molecule has 1 heterocycles. The number of aryl methyl sites for hydroxylation is 1. The lowest BCUT2D eigenvalue weighted by molar-refractivity contribution is -0.384. The van der Waals surface area contributed by atoms with Crippen molar-refractivity contribution in [3.8, 4) is 0 Å². The number of benzene rings is 2. The highest BCUT2D eigenvalue weighted by Gasteiger charge is 2.47. The van der Waals surface area contributed by atoms with Crippen LogP contribution < -0.4 is 0 Å². The van der Waals surface area contributed by atoms with E-state index < -0.39 is 17.0 Å². The van der Waals surface area contributed by atoms with E-state index in [9.17, 15) is 19.7 Å². The maximum Gasteiger partial charge on any atom is 0.338 e. The van der Waals surface area contributed by atoms with Gasteiger partial charge in [-0.25, -0.2) is 4.79 Å². The molecule has 2 aromatic carbocycles. The molecular formula is C26H27NO6. The van der Waals surface area contributed by atoms with Crippen molar-refractivity contribution in [2.24, 2.45) is 17.8 Å². The van der Waals surface area contributed by atoms with Crippen molar-refractivity contribution in [3.05, 3.63) is 88.0 Å². The summed E-state index contributed by atoms with van der Waals surface area (Å²) in [6.07, 6.45) is 6.14. The molecule has 0 radical (unpaired) electrons. The largest absolute Gasteiger partial charge is 0.462 e. The van der Waals surface area contributed by atoms with Gasteiger partial charge in [0, 0.05) is 18.1 Å². The van der Waals surface area contributed by atoms with Gasteiger partial charge in [-0.3, -0.25) is 14.9 Å². The highest BCUT2D eigenvalue weighted by molar-refractivity contribution is 5.89. The molecule has 0 N–H and O–H groups in total. The van der Waals surface area contributed by atoms with Crippen LogP contribution in [0.4, 0.5) is 5.69 Å². The average molecular weight is 450 g/mol. The molecule has 0 bridgehead atoms. The second-order valence-corrected chi connectivity index (χ2v) is 8.84. The van der Waals surface area contributed by atoms with Crippen LogP contribution in [0.5, 0.6) is 0 Å². The third kappa shape index (κ3) is 5.48. The van der Waals surface area contributed by atoms with Crippen LogP contribution in [-0.2, 0) is 20.7 Å². The third-order valence-corrected chi connectivity index (χ3v) is 6.60. The van der Waals surface area contributed by atoms with E-state index in [1.807, 2.05) is 36.4 Å². The molecule has 2 fully saturated rings. The number of carbonyl (C=O) groups is 2. The summed E-state index contributed by atoms with van der Waals surface area (Å²) in [4.78, 5) is 34.8. The van der Waals surface area contributed by atoms with Crippen LogP contribution in [-0.4, -0.2) is 29.1 Å². The molecule has 1 saturated heterocycles. The van der Waals surface area contributed by atoms with Crippen molar-refractivity contribution in [2.45, 2.75) is 44.8 Å². The van der Waals surface area contributed by atoms with Crippen LogP contribution in [0.3, 0.4) is 0 Å². The Labute approximate surface area is 192 Å². The minimum atomic E-state index is -0.524. The van der Waals surface area contributed by atoms with E-state index in [4.69, 9.17) is 9.47 Å². The lowest BCUT2D eigenvalue weighted by Gasteiger charge is -2.19. The van der Waals surface area contributed by atoms with Gasteiger partial charge in [-0.15, -0.1) is 0 Å². The summed E-state index contributed by atoms with van der Waals surface area (Å²) in [5.74, 6) is 0.0806. The average Bonchev–Trinajstić information content (AvgIpc) is 3.30. The first kappa shape index (κ1) is 22.7. The van der Waals surface area contributed by atoms with Gasteiger partial charge >= 0.3 is 11.9 Å². The van der Waals surface area contributed by atoms with Gasteiger partial charge in [-0.05, 0) is 54.9 Å². The fraction of sp³-hybridized carbons (Fsp3) is 0.385. The zero-order valence-electron chi connectivity index (χ0n) is 18.5. The highest BCUT2D eigenvalue weighted by atomic mass is 16.6. The standard InChI is InChI=1S/C26H27NO6/c1-17-15-24-23(16-25(28)33-24)22(17)14-13-21(12-7-18-5-3-2-4-6-18)32-26(29)19-8-10-20(11-9-19)27(30)31/h2-6,8-11,13-14,17,21-24H,7,12,15-16H2,1H3/b14-13+/t17-,21+,22+,23-,24+/m1/s1. The summed E-state index contributed by atoms with van der Waals surface area (Å²) in [6.45, 7) is 2.16. The number of nitro benzene ring substituents is 1. The van der Waals surface area contributed by atoms with Crippen molar-refractivity contribution in [1.29, 1.82) is 0 Å². The highest BCUT2D eigenvalue weighted by Crippen LogP contribution is 2.45. The summed E-state index contributed by atoms with van der Waals surface area (Å²) >= 11 is 0. The topological polar surface area (TPSA) is 95.7 Å². The maximum absolute atomic E-state index is 12.7. The molecule has 1 aliphatic carbocycles. The molecule has 4 rings (SSSR count). The number of fused-ring (bicyclic) bond motifs is 1. The molecular weight excluding hydrogens is 422 g/mol. The van der Waals surface area contributed by atoms with Crippen molar-refractivity contribution < 1.29 is 24.0 Å². The number of hydrogen-bond acceptors (Lipinski definition) is 6. The number of nitrogens with zero attached hydrogens (tertiary/aromatic N) is 1. The lowest BCUT2D eigenvalue weighted by Crippen LogP contribution is -2.19. The third-order valence-electron chi connectivity index (χ3n) is 6.60. The number of rotatable bonds is 8. The van der Waals surface area contributed by atoms with Gasteiger partial charge in [0.25, 0.3) is 5.69 Å². The molecule has 172 valence electrons. The molecule has 5 atom stereocenters. The molecule has 1 aliphatic heterocycles. The number of non-ortho nitro benzene ring substituents is 1. The van der Waals surface area contributed by atoms with Crippen molar-refractivity contribution in [3.63, 3.8) is 0 Å². The first-order chi connectivity index (χ1) is 15.9. The van der Waals surface area contributed by atoms with E-state index in [2.05, 4.69) is 13.0 Å². The number of nitro groups is 1. The minimum Gasteiger partial charge on any atom is -0.462 e. The lowest BCUT2D eigenvalue weighted by atomic mass is 9.88. The number of ether oxygens (including phenoxy) is 2. The maximum atomic E-state index is 12.7. The molecule has 33 heavy (non-hydrogen) atoms. The number of carbonyl (C=O) groups excluding carboxylic acids is 2. The van der Waals surface area contributed by atoms with Gasteiger partial charge in [0.2, 0.25) is 0 Å². The van der Waals surface area contributed by atoms with E-state index in [1.165, 1.54) is 24.3 Å². The summed E-state index contributed by atoms with van der Waals surface area (Å²) in [6, 6.07) is 15.4. The number of allylic oxidation sites excluding steroid dienone is 1. The molecule has 7 nitrogen and oxygen atoms in total. The van der Waals surface area contributed by atoms with E-state index in [0.29, 0.717) is 18.8 Å². The van der Waals surface area contributed by atoms with Crippen molar-refractivity contribution >= 4 is 17.6 Å². The minimum absolute atomic E-state index is 0.0208. The Balaban J connectivity index is 1.47. The first-order valence-corrected chi connectivity index (χ1v) is 11.3. The Morgan fingerprint density at radius 1 is 1.21 bits per heavy atom. The second-order valence-electron chi connectivity index (χ2n) is 8.84. The number of esters is 2.